The number of hydrazone groups is 1. The maximum atomic E-state index is 14.2. The minimum Gasteiger partial charge on any atom is -0.452 e. The molecule has 240 valence electrons. The van der Waals surface area contributed by atoms with Gasteiger partial charge in [0, 0.05) is 17.6 Å². The number of carbonyl (C=O) groups is 5. The topological polar surface area (TPSA) is 158 Å². The van der Waals surface area contributed by atoms with Crippen molar-refractivity contribution in [1.29, 1.82) is 0 Å². The van der Waals surface area contributed by atoms with E-state index in [0.717, 1.165) is 51.9 Å². The van der Waals surface area contributed by atoms with Crippen molar-refractivity contribution in [2.24, 2.45) is 5.10 Å². The summed E-state index contributed by atoms with van der Waals surface area (Å²) in [6.45, 7) is 0. The van der Waals surface area contributed by atoms with Crippen LogP contribution in [0, 0.1) is 0 Å². The van der Waals surface area contributed by atoms with Crippen molar-refractivity contribution < 1.29 is 38.9 Å². The van der Waals surface area contributed by atoms with Crippen LogP contribution in [0.1, 0.15) is 84.9 Å². The number of fused-ring (bicyclic) bond motifs is 1. The van der Waals surface area contributed by atoms with Gasteiger partial charge in [-0.05, 0) is 37.3 Å². The Balaban J connectivity index is 1.49. The number of methoxy groups -OCH3 is 1. The molecule has 2 aliphatic heterocycles. The average molecular weight is 630 g/mol. The van der Waals surface area contributed by atoms with Crippen molar-refractivity contribution in [1.82, 2.24) is 14.7 Å². The number of anilines is 1. The lowest BCUT2D eigenvalue weighted by molar-refractivity contribution is -0.188. The van der Waals surface area contributed by atoms with E-state index in [1.165, 1.54) is 15.9 Å². The lowest BCUT2D eigenvalue weighted by Crippen LogP contribution is -2.62. The summed E-state index contributed by atoms with van der Waals surface area (Å²) >= 11 is 0. The first-order valence-corrected chi connectivity index (χ1v) is 15.6. The van der Waals surface area contributed by atoms with Gasteiger partial charge in [-0.25, -0.2) is 14.8 Å². The van der Waals surface area contributed by atoms with E-state index in [9.17, 15) is 29.2 Å². The number of amides is 6. The predicted molar refractivity (Wildman–Crippen MR) is 165 cm³/mol. The van der Waals surface area contributed by atoms with Gasteiger partial charge in [-0.1, -0.05) is 74.9 Å². The standard InChI is InChI=1S/C33H35N5O8/c1-45-33(43)38-29(39)24-18-17-23(20-11-5-2-6-12-20)27(26(24)30(38)40)34-35-28-25(19-46-44)36(21-13-7-3-8-14-21)32(42)37(31(28)41)22-15-9-4-10-16-22/h2,5-6,11-12,17-19,21-22,34,44H,3-4,7-10,13-16H2,1H3. The van der Waals surface area contributed by atoms with Gasteiger partial charge in [-0.3, -0.25) is 29.6 Å². The normalized spacial score (nSPS) is 21.3. The average Bonchev–Trinajstić information content (AvgIpc) is 3.34. The zero-order chi connectivity index (χ0) is 32.4. The third-order valence-electron chi connectivity index (χ3n) is 9.16. The molecule has 6 amide bonds. The quantitative estimate of drug-likeness (QED) is 0.176. The molecule has 0 spiro atoms. The van der Waals surface area contributed by atoms with Gasteiger partial charge in [0.1, 0.15) is 5.70 Å². The highest BCUT2D eigenvalue weighted by molar-refractivity contribution is 6.49. The van der Waals surface area contributed by atoms with Crippen molar-refractivity contribution in [3.8, 4) is 11.1 Å². The minimum atomic E-state index is -1.14. The van der Waals surface area contributed by atoms with E-state index in [4.69, 9.17) is 0 Å². The number of hydrogen-bond donors (Lipinski definition) is 2. The molecule has 1 saturated heterocycles. The van der Waals surface area contributed by atoms with Crippen molar-refractivity contribution in [2.45, 2.75) is 76.3 Å². The van der Waals surface area contributed by atoms with Crippen LogP contribution in [-0.2, 0) is 14.4 Å². The molecule has 0 unspecified atom stereocenters. The maximum absolute atomic E-state index is 14.2. The third-order valence-corrected chi connectivity index (χ3v) is 9.16. The summed E-state index contributed by atoms with van der Waals surface area (Å²) in [6, 6.07) is 11.0. The Morgan fingerprint density at radius 3 is 2.04 bits per heavy atom. The smallest absolute Gasteiger partial charge is 0.423 e. The number of nitrogens with zero attached hydrogens (tertiary/aromatic N) is 4. The van der Waals surface area contributed by atoms with Crippen molar-refractivity contribution in [3.63, 3.8) is 0 Å². The first-order chi connectivity index (χ1) is 22.4. The number of carbonyl (C=O) groups excluding carboxylic acids is 5. The molecular formula is C33H35N5O8. The Morgan fingerprint density at radius 2 is 1.43 bits per heavy atom. The monoisotopic (exact) mass is 629 g/mol. The number of hydrogen-bond acceptors (Lipinski definition) is 10. The van der Waals surface area contributed by atoms with Crippen LogP contribution in [-0.4, -0.2) is 74.7 Å². The van der Waals surface area contributed by atoms with Gasteiger partial charge in [0.05, 0.1) is 23.9 Å². The molecule has 13 heteroatoms. The Bertz CT molecular complexity index is 1630. The Morgan fingerprint density at radius 1 is 0.826 bits per heavy atom. The van der Waals surface area contributed by atoms with E-state index < -0.39 is 29.8 Å². The Labute approximate surface area is 265 Å². The molecule has 2 aliphatic carbocycles. The molecule has 2 saturated carbocycles. The summed E-state index contributed by atoms with van der Waals surface area (Å²) in [5, 5.41) is 14.1. The van der Waals surface area contributed by atoms with Crippen LogP contribution in [0.4, 0.5) is 15.3 Å². The highest BCUT2D eigenvalue weighted by atomic mass is 17.1. The molecule has 46 heavy (non-hydrogen) atoms. The maximum Gasteiger partial charge on any atom is 0.423 e. The van der Waals surface area contributed by atoms with Gasteiger partial charge in [0.15, 0.2) is 12.0 Å². The number of ether oxygens (including phenoxy) is 1. The molecular weight excluding hydrogens is 594 g/mol. The highest BCUT2D eigenvalue weighted by Crippen LogP contribution is 2.39. The lowest BCUT2D eigenvalue weighted by atomic mass is 9.91. The first kappa shape index (κ1) is 31.0. The van der Waals surface area contributed by atoms with Crippen LogP contribution >= 0.6 is 0 Å². The van der Waals surface area contributed by atoms with E-state index in [1.54, 1.807) is 30.3 Å². The van der Waals surface area contributed by atoms with Crippen molar-refractivity contribution in [3.05, 3.63) is 65.6 Å². The lowest BCUT2D eigenvalue weighted by Gasteiger charge is -2.44. The van der Waals surface area contributed by atoms with Gasteiger partial charge in [0.25, 0.3) is 17.7 Å². The van der Waals surface area contributed by atoms with Gasteiger partial charge in [-0.15, -0.1) is 0 Å². The molecule has 0 aromatic heterocycles. The van der Waals surface area contributed by atoms with Crippen LogP contribution in [0.2, 0.25) is 0 Å². The zero-order valence-corrected chi connectivity index (χ0v) is 25.4. The van der Waals surface area contributed by atoms with Gasteiger partial charge in [0.2, 0.25) is 0 Å². The van der Waals surface area contributed by atoms with Crippen molar-refractivity contribution in [2.75, 3.05) is 12.5 Å². The minimum absolute atomic E-state index is 0.0172. The molecule has 0 radical (unpaired) electrons. The van der Waals surface area contributed by atoms with Crippen LogP contribution in [0.15, 0.2) is 59.5 Å². The fourth-order valence-electron chi connectivity index (χ4n) is 6.94. The van der Waals surface area contributed by atoms with E-state index in [0.29, 0.717) is 41.7 Å². The number of rotatable bonds is 6. The van der Waals surface area contributed by atoms with Crippen LogP contribution < -0.4 is 5.43 Å². The summed E-state index contributed by atoms with van der Waals surface area (Å²) in [5.41, 5.74) is 3.67. The van der Waals surface area contributed by atoms with Gasteiger partial charge >= 0.3 is 12.1 Å². The van der Waals surface area contributed by atoms with Crippen molar-refractivity contribution >= 4 is 41.2 Å². The number of imide groups is 4. The second-order valence-electron chi connectivity index (χ2n) is 11.8. The van der Waals surface area contributed by atoms with Gasteiger partial charge < -0.3 is 9.62 Å². The molecule has 0 bridgehead atoms. The molecule has 13 nitrogen and oxygen atoms in total. The largest absolute Gasteiger partial charge is 0.452 e. The second-order valence-corrected chi connectivity index (χ2v) is 11.8. The predicted octanol–water partition coefficient (Wildman–Crippen LogP) is 5.74. The van der Waals surface area contributed by atoms with Gasteiger partial charge in [-0.2, -0.15) is 10.0 Å². The highest BCUT2D eigenvalue weighted by Gasteiger charge is 2.48. The number of urea groups is 1. The first-order valence-electron chi connectivity index (χ1n) is 15.6. The third kappa shape index (κ3) is 5.40. The summed E-state index contributed by atoms with van der Waals surface area (Å²) in [5.74, 6) is -2.45. The Hall–Kier alpha value is -5.04. The number of nitrogens with one attached hydrogen (secondary N) is 1. The summed E-state index contributed by atoms with van der Waals surface area (Å²) in [4.78, 5) is 75.0. The summed E-state index contributed by atoms with van der Waals surface area (Å²) < 4.78 is 4.68. The van der Waals surface area contributed by atoms with E-state index >= 15 is 0 Å². The van der Waals surface area contributed by atoms with E-state index in [-0.39, 0.29) is 40.3 Å². The van der Waals surface area contributed by atoms with Crippen LogP contribution in [0.25, 0.3) is 11.1 Å². The molecule has 3 fully saturated rings. The zero-order valence-electron chi connectivity index (χ0n) is 25.4. The van der Waals surface area contributed by atoms with Crippen LogP contribution in [0.5, 0.6) is 0 Å². The molecule has 6 rings (SSSR count). The molecule has 2 N–H and O–H groups in total. The molecule has 2 heterocycles. The van der Waals surface area contributed by atoms with Crippen LogP contribution in [0.3, 0.4) is 0 Å². The molecule has 2 aromatic rings. The molecule has 0 atom stereocenters. The van der Waals surface area contributed by atoms with E-state index in [2.05, 4.69) is 20.2 Å². The molecule has 4 aliphatic rings. The second kappa shape index (κ2) is 13.1. The fraction of sp³-hybridized carbons (Fsp3) is 0.394. The van der Waals surface area contributed by atoms with E-state index in [1.807, 2.05) is 6.07 Å². The summed E-state index contributed by atoms with van der Waals surface area (Å²) in [6.07, 6.45) is 8.10. The fourth-order valence-corrected chi connectivity index (χ4v) is 6.94. The SMILES string of the molecule is COC(=O)N1C(=O)c2ccc(-c3ccccc3)c(NN=C3C(=O)N(C4CCCCC4)C(=O)N(C4CCCCC4)C3=COO)c2C1=O. The summed E-state index contributed by atoms with van der Waals surface area (Å²) in [7, 11) is 1.07. The Kier molecular flexibility index (Phi) is 8.84. The molecule has 2 aromatic carbocycles. The number of benzene rings is 2.